The fourth-order valence-corrected chi connectivity index (χ4v) is 4.35. The van der Waals surface area contributed by atoms with Crippen LogP contribution in [0, 0.1) is 17.8 Å². The van der Waals surface area contributed by atoms with Crippen LogP contribution in [0.15, 0.2) is 30.3 Å². The Bertz CT molecular complexity index is 479. The molecule has 120 valence electrons. The third kappa shape index (κ3) is 3.35. The van der Waals surface area contributed by atoms with Crippen molar-refractivity contribution in [1.82, 2.24) is 5.32 Å². The first-order valence-electron chi connectivity index (χ1n) is 8.73. The second kappa shape index (κ2) is 7.28. The number of hydrogen-bond donors (Lipinski definition) is 1. The van der Waals surface area contributed by atoms with Gasteiger partial charge in [-0.3, -0.25) is 4.79 Å². The largest absolute Gasteiger partial charge is 0.466 e. The van der Waals surface area contributed by atoms with Gasteiger partial charge in [0.05, 0.1) is 12.5 Å². The van der Waals surface area contributed by atoms with Crippen molar-refractivity contribution < 1.29 is 9.53 Å². The second-order valence-corrected chi connectivity index (χ2v) is 6.67. The lowest BCUT2D eigenvalue weighted by Crippen LogP contribution is -2.55. The van der Waals surface area contributed by atoms with Crippen molar-refractivity contribution in [3.63, 3.8) is 0 Å². The standard InChI is InChI=1S/C19H27NO2/c1-2-22-19(21)17-15-8-10-16(11-9-15)18(17)20-13-12-14-6-4-3-5-7-14/h3-7,15-18,20H,2,8-13H2,1H3/t15?,16?,17-,18+/m1/s1. The molecule has 4 rings (SSSR count). The van der Waals surface area contributed by atoms with Crippen LogP contribution < -0.4 is 5.32 Å². The number of benzene rings is 1. The van der Waals surface area contributed by atoms with E-state index < -0.39 is 0 Å². The third-order valence-electron chi connectivity index (χ3n) is 5.41. The Morgan fingerprint density at radius 2 is 1.82 bits per heavy atom. The van der Waals surface area contributed by atoms with Crippen LogP contribution in [0.2, 0.25) is 0 Å². The number of carbonyl (C=O) groups is 1. The van der Waals surface area contributed by atoms with Gasteiger partial charge in [0.25, 0.3) is 0 Å². The molecular weight excluding hydrogens is 274 g/mol. The highest BCUT2D eigenvalue weighted by atomic mass is 16.5. The number of hydrogen-bond acceptors (Lipinski definition) is 3. The Balaban J connectivity index is 1.60. The lowest BCUT2D eigenvalue weighted by atomic mass is 9.61. The SMILES string of the molecule is CCOC(=O)[C@@H]1C2CCC(CC2)[C@@H]1NCCc1ccccc1. The zero-order valence-electron chi connectivity index (χ0n) is 13.5. The lowest BCUT2D eigenvalue weighted by Gasteiger charge is -2.47. The summed E-state index contributed by atoms with van der Waals surface area (Å²) in [7, 11) is 0. The summed E-state index contributed by atoms with van der Waals surface area (Å²) in [5.41, 5.74) is 1.35. The summed E-state index contributed by atoms with van der Waals surface area (Å²) in [6.45, 7) is 3.33. The van der Waals surface area contributed by atoms with Crippen LogP contribution in [0.4, 0.5) is 0 Å². The van der Waals surface area contributed by atoms with E-state index in [9.17, 15) is 4.79 Å². The molecular formula is C19H27NO2. The molecule has 1 aromatic rings. The van der Waals surface area contributed by atoms with Gasteiger partial charge in [-0.25, -0.2) is 0 Å². The molecule has 0 radical (unpaired) electrons. The van der Waals surface area contributed by atoms with Crippen molar-refractivity contribution in [3.8, 4) is 0 Å². The van der Waals surface area contributed by atoms with Crippen molar-refractivity contribution in [2.45, 2.75) is 45.1 Å². The van der Waals surface area contributed by atoms with E-state index in [2.05, 4.69) is 29.6 Å². The van der Waals surface area contributed by atoms with E-state index in [1.54, 1.807) is 0 Å². The molecule has 0 amide bonds. The number of rotatable bonds is 6. The predicted octanol–water partition coefficient (Wildman–Crippen LogP) is 3.19. The molecule has 0 unspecified atom stereocenters. The molecule has 3 aliphatic carbocycles. The molecule has 3 fully saturated rings. The number of nitrogens with one attached hydrogen (secondary N) is 1. The zero-order chi connectivity index (χ0) is 15.4. The summed E-state index contributed by atoms with van der Waals surface area (Å²) in [6.07, 6.45) is 5.95. The summed E-state index contributed by atoms with van der Waals surface area (Å²) in [4.78, 5) is 12.4. The van der Waals surface area contributed by atoms with E-state index in [4.69, 9.17) is 4.74 Å². The number of esters is 1. The topological polar surface area (TPSA) is 38.3 Å². The fraction of sp³-hybridized carbons (Fsp3) is 0.632. The normalized spacial score (nSPS) is 30.2. The van der Waals surface area contributed by atoms with Crippen molar-refractivity contribution in [1.29, 1.82) is 0 Å². The summed E-state index contributed by atoms with van der Waals surface area (Å²) >= 11 is 0. The Morgan fingerprint density at radius 1 is 1.14 bits per heavy atom. The van der Waals surface area contributed by atoms with Crippen LogP contribution in [0.1, 0.15) is 38.2 Å². The van der Waals surface area contributed by atoms with E-state index >= 15 is 0 Å². The zero-order valence-corrected chi connectivity index (χ0v) is 13.5. The van der Waals surface area contributed by atoms with Gasteiger partial charge in [0, 0.05) is 6.04 Å². The maximum Gasteiger partial charge on any atom is 0.310 e. The fourth-order valence-electron chi connectivity index (χ4n) is 4.35. The molecule has 3 saturated carbocycles. The van der Waals surface area contributed by atoms with Gasteiger partial charge in [-0.15, -0.1) is 0 Å². The van der Waals surface area contributed by atoms with Crippen LogP contribution >= 0.6 is 0 Å². The Hall–Kier alpha value is -1.35. The number of ether oxygens (including phenoxy) is 1. The summed E-state index contributed by atoms with van der Waals surface area (Å²) in [6, 6.07) is 10.9. The molecule has 22 heavy (non-hydrogen) atoms. The number of carbonyl (C=O) groups excluding carboxylic acids is 1. The molecule has 0 heterocycles. The molecule has 2 atom stereocenters. The average molecular weight is 301 g/mol. The quantitative estimate of drug-likeness (QED) is 0.820. The van der Waals surface area contributed by atoms with Gasteiger partial charge in [-0.1, -0.05) is 30.3 Å². The highest BCUT2D eigenvalue weighted by Crippen LogP contribution is 2.45. The minimum Gasteiger partial charge on any atom is -0.466 e. The van der Waals surface area contributed by atoms with E-state index in [0.717, 1.165) is 13.0 Å². The van der Waals surface area contributed by atoms with Gasteiger partial charge < -0.3 is 10.1 Å². The number of fused-ring (bicyclic) bond motifs is 3. The van der Waals surface area contributed by atoms with Gasteiger partial charge in [-0.05, 0) is 63.0 Å². The van der Waals surface area contributed by atoms with Crippen LogP contribution in [-0.2, 0) is 16.0 Å². The summed E-state index contributed by atoms with van der Waals surface area (Å²) < 4.78 is 5.35. The first-order chi connectivity index (χ1) is 10.8. The van der Waals surface area contributed by atoms with Crippen LogP contribution in [0.5, 0.6) is 0 Å². The molecule has 3 heteroatoms. The minimum atomic E-state index is 0.0223. The van der Waals surface area contributed by atoms with Gasteiger partial charge in [0.2, 0.25) is 0 Å². The lowest BCUT2D eigenvalue weighted by molar-refractivity contribution is -0.156. The van der Waals surface area contributed by atoms with Crippen molar-refractivity contribution in [2.24, 2.45) is 17.8 Å². The molecule has 0 saturated heterocycles. The maximum absolute atomic E-state index is 12.4. The average Bonchev–Trinajstić information content (AvgIpc) is 2.57. The summed E-state index contributed by atoms with van der Waals surface area (Å²) in [5.74, 6) is 1.27. The van der Waals surface area contributed by atoms with E-state index in [1.165, 1.54) is 31.2 Å². The molecule has 1 N–H and O–H groups in total. The first kappa shape index (κ1) is 15.5. The van der Waals surface area contributed by atoms with E-state index in [-0.39, 0.29) is 11.9 Å². The monoisotopic (exact) mass is 301 g/mol. The maximum atomic E-state index is 12.4. The van der Waals surface area contributed by atoms with Crippen LogP contribution in [-0.4, -0.2) is 25.2 Å². The van der Waals surface area contributed by atoms with Crippen molar-refractivity contribution in [3.05, 3.63) is 35.9 Å². The van der Waals surface area contributed by atoms with Crippen molar-refractivity contribution >= 4 is 5.97 Å². The van der Waals surface area contributed by atoms with E-state index in [1.807, 2.05) is 13.0 Å². The highest BCUT2D eigenvalue weighted by molar-refractivity contribution is 5.74. The van der Waals surface area contributed by atoms with Gasteiger partial charge in [0.1, 0.15) is 0 Å². The molecule has 0 aliphatic heterocycles. The Labute approximate surface area is 133 Å². The Kier molecular flexibility index (Phi) is 5.14. The highest BCUT2D eigenvalue weighted by Gasteiger charge is 2.47. The van der Waals surface area contributed by atoms with Gasteiger partial charge in [0.15, 0.2) is 0 Å². The van der Waals surface area contributed by atoms with E-state index in [0.29, 0.717) is 24.5 Å². The first-order valence-corrected chi connectivity index (χ1v) is 8.73. The molecule has 3 nitrogen and oxygen atoms in total. The second-order valence-electron chi connectivity index (χ2n) is 6.67. The predicted molar refractivity (Wildman–Crippen MR) is 87.5 cm³/mol. The van der Waals surface area contributed by atoms with Crippen LogP contribution in [0.3, 0.4) is 0 Å². The van der Waals surface area contributed by atoms with Crippen LogP contribution in [0.25, 0.3) is 0 Å². The third-order valence-corrected chi connectivity index (χ3v) is 5.41. The molecule has 2 bridgehead atoms. The molecule has 1 aromatic carbocycles. The van der Waals surface area contributed by atoms with Crippen molar-refractivity contribution in [2.75, 3.05) is 13.2 Å². The minimum absolute atomic E-state index is 0.0223. The summed E-state index contributed by atoms with van der Waals surface area (Å²) in [5, 5.41) is 3.69. The van der Waals surface area contributed by atoms with Gasteiger partial charge in [-0.2, -0.15) is 0 Å². The Morgan fingerprint density at radius 3 is 2.50 bits per heavy atom. The molecule has 3 aliphatic rings. The van der Waals surface area contributed by atoms with Gasteiger partial charge >= 0.3 is 5.97 Å². The molecule has 0 spiro atoms. The smallest absolute Gasteiger partial charge is 0.310 e. The molecule has 0 aromatic heterocycles.